The van der Waals surface area contributed by atoms with Crippen LogP contribution in [0, 0.1) is 0 Å². The third-order valence-corrected chi connectivity index (χ3v) is 2.55. The number of fused-ring (bicyclic) bond motifs is 1. The second-order valence-electron chi connectivity index (χ2n) is 2.23. The largest absolute Gasteiger partial charge is 0.404 e. The SMILES string of the molecule is FC(F)(F)C1C=C2N=NN=C2S1. The summed E-state index contributed by atoms with van der Waals surface area (Å²) < 4.78 is 36.2. The summed E-state index contributed by atoms with van der Waals surface area (Å²) in [5.74, 6) is 0. The molecular formula is C5H2F3N3S. The zero-order valence-electron chi connectivity index (χ0n) is 5.54. The van der Waals surface area contributed by atoms with Crippen molar-refractivity contribution in [3.63, 3.8) is 0 Å². The maximum Gasteiger partial charge on any atom is 0.404 e. The lowest BCUT2D eigenvalue weighted by molar-refractivity contribution is -0.119. The van der Waals surface area contributed by atoms with Gasteiger partial charge in [-0.3, -0.25) is 0 Å². The van der Waals surface area contributed by atoms with Gasteiger partial charge in [-0.1, -0.05) is 11.8 Å². The van der Waals surface area contributed by atoms with Crippen LogP contribution in [0.4, 0.5) is 13.2 Å². The van der Waals surface area contributed by atoms with Crippen molar-refractivity contribution in [3.05, 3.63) is 11.8 Å². The third-order valence-electron chi connectivity index (χ3n) is 1.38. The van der Waals surface area contributed by atoms with Crippen LogP contribution in [0.2, 0.25) is 0 Å². The fourth-order valence-electron chi connectivity index (χ4n) is 0.853. The molecule has 12 heavy (non-hydrogen) atoms. The molecular weight excluding hydrogens is 191 g/mol. The Labute approximate surface area is 69.4 Å². The van der Waals surface area contributed by atoms with Gasteiger partial charge in [-0.05, 0) is 11.3 Å². The summed E-state index contributed by atoms with van der Waals surface area (Å²) in [4.78, 5) is 0. The maximum atomic E-state index is 12.1. The lowest BCUT2D eigenvalue weighted by atomic mass is 10.3. The second-order valence-corrected chi connectivity index (χ2v) is 3.36. The van der Waals surface area contributed by atoms with Gasteiger partial charge in [0, 0.05) is 0 Å². The van der Waals surface area contributed by atoms with E-state index in [1.807, 2.05) is 0 Å². The first kappa shape index (κ1) is 7.78. The molecule has 0 aromatic heterocycles. The summed E-state index contributed by atoms with van der Waals surface area (Å²) in [6.07, 6.45) is -3.19. The smallest absolute Gasteiger partial charge is 0.169 e. The third kappa shape index (κ3) is 1.13. The Morgan fingerprint density at radius 1 is 1.42 bits per heavy atom. The first-order valence-corrected chi connectivity index (χ1v) is 3.89. The van der Waals surface area contributed by atoms with E-state index in [1.165, 1.54) is 0 Å². The summed E-state index contributed by atoms with van der Waals surface area (Å²) in [7, 11) is 0. The monoisotopic (exact) mass is 193 g/mol. The highest BCUT2D eigenvalue weighted by atomic mass is 32.2. The predicted molar refractivity (Wildman–Crippen MR) is 37.8 cm³/mol. The van der Waals surface area contributed by atoms with E-state index in [1.54, 1.807) is 0 Å². The highest BCUT2D eigenvalue weighted by molar-refractivity contribution is 8.15. The summed E-state index contributed by atoms with van der Waals surface area (Å²) in [6.45, 7) is 0. The van der Waals surface area contributed by atoms with Crippen molar-refractivity contribution in [2.45, 2.75) is 11.4 Å². The quantitative estimate of drug-likeness (QED) is 0.581. The number of thioether (sulfide) groups is 1. The Morgan fingerprint density at radius 2 is 2.17 bits per heavy atom. The molecule has 2 heterocycles. The van der Waals surface area contributed by atoms with Crippen LogP contribution in [0.5, 0.6) is 0 Å². The molecule has 0 amide bonds. The van der Waals surface area contributed by atoms with Crippen molar-refractivity contribution in [3.8, 4) is 0 Å². The van der Waals surface area contributed by atoms with Gasteiger partial charge in [-0.15, -0.1) is 10.2 Å². The van der Waals surface area contributed by atoms with E-state index in [9.17, 15) is 13.2 Å². The number of nitrogens with zero attached hydrogens (tertiary/aromatic N) is 3. The Balaban J connectivity index is 2.24. The summed E-state index contributed by atoms with van der Waals surface area (Å²) in [5, 5.41) is 8.85. The summed E-state index contributed by atoms with van der Waals surface area (Å²) in [5.41, 5.74) is 0.238. The fourth-order valence-corrected chi connectivity index (χ4v) is 1.74. The van der Waals surface area contributed by atoms with Crippen molar-refractivity contribution < 1.29 is 13.2 Å². The van der Waals surface area contributed by atoms with E-state index in [-0.39, 0.29) is 10.7 Å². The van der Waals surface area contributed by atoms with E-state index in [0.29, 0.717) is 11.8 Å². The van der Waals surface area contributed by atoms with E-state index in [4.69, 9.17) is 0 Å². The minimum atomic E-state index is -4.22. The summed E-state index contributed by atoms with van der Waals surface area (Å²) >= 11 is 0.633. The molecule has 0 fully saturated rings. The van der Waals surface area contributed by atoms with Gasteiger partial charge in [0.1, 0.15) is 16.0 Å². The number of alkyl halides is 3. The molecule has 0 aromatic carbocycles. The predicted octanol–water partition coefficient (Wildman–Crippen LogP) is 2.33. The molecule has 0 saturated carbocycles. The van der Waals surface area contributed by atoms with Crippen LogP contribution >= 0.6 is 11.8 Å². The molecule has 2 aliphatic rings. The molecule has 1 atom stereocenters. The van der Waals surface area contributed by atoms with Crippen molar-refractivity contribution in [1.29, 1.82) is 0 Å². The van der Waals surface area contributed by atoms with Crippen molar-refractivity contribution in [2.24, 2.45) is 15.4 Å². The van der Waals surface area contributed by atoms with Gasteiger partial charge in [-0.25, -0.2) is 0 Å². The Kier molecular flexibility index (Phi) is 1.50. The van der Waals surface area contributed by atoms with Crippen LogP contribution in [0.25, 0.3) is 0 Å². The normalized spacial score (nSPS) is 27.1. The number of hydrogen-bond donors (Lipinski definition) is 0. The van der Waals surface area contributed by atoms with Crippen LogP contribution in [0.15, 0.2) is 27.2 Å². The molecule has 0 aliphatic carbocycles. The molecule has 0 N–H and O–H groups in total. The molecule has 3 nitrogen and oxygen atoms in total. The summed E-state index contributed by atoms with van der Waals surface area (Å²) in [6, 6.07) is 0. The zero-order valence-corrected chi connectivity index (χ0v) is 6.35. The van der Waals surface area contributed by atoms with Crippen molar-refractivity contribution in [1.82, 2.24) is 0 Å². The minimum Gasteiger partial charge on any atom is -0.169 e. The maximum absolute atomic E-state index is 12.1. The highest BCUT2D eigenvalue weighted by Crippen LogP contribution is 2.41. The van der Waals surface area contributed by atoms with E-state index < -0.39 is 11.4 Å². The minimum absolute atomic E-state index is 0.238. The molecule has 0 spiro atoms. The number of rotatable bonds is 0. The van der Waals surface area contributed by atoms with Crippen molar-refractivity contribution in [2.75, 3.05) is 0 Å². The molecule has 0 saturated heterocycles. The van der Waals surface area contributed by atoms with E-state index in [2.05, 4.69) is 15.4 Å². The van der Waals surface area contributed by atoms with Crippen LogP contribution < -0.4 is 0 Å². The average molecular weight is 193 g/mol. The van der Waals surface area contributed by atoms with E-state index >= 15 is 0 Å². The molecule has 0 aromatic rings. The number of halogens is 3. The topological polar surface area (TPSA) is 37.1 Å². The molecule has 1 unspecified atom stereocenters. The van der Waals surface area contributed by atoms with Gasteiger partial charge in [0.05, 0.1) is 0 Å². The average Bonchev–Trinajstić information content (AvgIpc) is 2.37. The Hall–Kier alpha value is -0.850. The Bertz CT molecular complexity index is 304. The van der Waals surface area contributed by atoms with Crippen molar-refractivity contribution >= 4 is 16.8 Å². The van der Waals surface area contributed by atoms with Gasteiger partial charge in [-0.2, -0.15) is 13.2 Å². The van der Waals surface area contributed by atoms with Gasteiger partial charge in [0.15, 0.2) is 0 Å². The highest BCUT2D eigenvalue weighted by Gasteiger charge is 2.44. The van der Waals surface area contributed by atoms with Gasteiger partial charge < -0.3 is 0 Å². The second kappa shape index (κ2) is 2.32. The van der Waals surface area contributed by atoms with E-state index in [0.717, 1.165) is 6.08 Å². The molecule has 7 heteroatoms. The molecule has 64 valence electrons. The molecule has 2 rings (SSSR count). The van der Waals surface area contributed by atoms with Crippen LogP contribution in [0.3, 0.4) is 0 Å². The van der Waals surface area contributed by atoms with Crippen LogP contribution in [0.1, 0.15) is 0 Å². The van der Waals surface area contributed by atoms with Crippen LogP contribution in [-0.4, -0.2) is 16.5 Å². The first-order valence-electron chi connectivity index (χ1n) is 3.01. The number of hydrogen-bond acceptors (Lipinski definition) is 4. The standard InChI is InChI=1S/C5H2F3N3S/c6-5(7,8)3-1-2-4(12-3)10-11-9-2/h1,3H. The lowest BCUT2D eigenvalue weighted by Crippen LogP contribution is -2.21. The van der Waals surface area contributed by atoms with Gasteiger partial charge in [0.2, 0.25) is 0 Å². The molecule has 0 bridgehead atoms. The fraction of sp³-hybridized carbons (Fsp3) is 0.400. The Morgan fingerprint density at radius 3 is 2.75 bits per heavy atom. The van der Waals surface area contributed by atoms with Crippen LogP contribution in [-0.2, 0) is 0 Å². The lowest BCUT2D eigenvalue weighted by Gasteiger charge is -2.09. The van der Waals surface area contributed by atoms with Gasteiger partial charge >= 0.3 is 6.18 Å². The first-order chi connectivity index (χ1) is 5.57. The molecule has 2 aliphatic heterocycles. The zero-order chi connectivity index (χ0) is 8.77. The molecule has 0 radical (unpaired) electrons. The van der Waals surface area contributed by atoms with Gasteiger partial charge in [0.25, 0.3) is 0 Å².